The maximum absolute atomic E-state index is 13.5. The van der Waals surface area contributed by atoms with Crippen molar-refractivity contribution in [2.24, 2.45) is 5.92 Å². The van der Waals surface area contributed by atoms with Gasteiger partial charge in [-0.1, -0.05) is 91.0 Å². The molecule has 1 N–H and O–H groups in total. The second-order valence-corrected chi connectivity index (χ2v) is 10.3. The summed E-state index contributed by atoms with van der Waals surface area (Å²) in [7, 11) is 0. The number of piperidine rings is 3. The maximum atomic E-state index is 13.5. The molecule has 2 atom stereocenters. The summed E-state index contributed by atoms with van der Waals surface area (Å²) in [6.07, 6.45) is 1.77. The van der Waals surface area contributed by atoms with Crippen molar-refractivity contribution in [1.82, 2.24) is 5.32 Å². The molecule has 6 heteroatoms. The summed E-state index contributed by atoms with van der Waals surface area (Å²) in [5.74, 6) is -0.268. The molecular formula is C31H33N2O4+. The molecule has 6 nitrogen and oxygen atoms in total. The van der Waals surface area contributed by atoms with Crippen molar-refractivity contribution in [3.63, 3.8) is 0 Å². The van der Waals surface area contributed by atoms with E-state index < -0.39 is 12.0 Å². The molecule has 6 rings (SSSR count). The van der Waals surface area contributed by atoms with Gasteiger partial charge in [0.2, 0.25) is 11.7 Å². The van der Waals surface area contributed by atoms with Crippen LogP contribution in [0.5, 0.6) is 0 Å². The molecule has 2 bridgehead atoms. The lowest BCUT2D eigenvalue weighted by Gasteiger charge is -2.51. The lowest BCUT2D eigenvalue weighted by molar-refractivity contribution is -0.938. The van der Waals surface area contributed by atoms with Crippen molar-refractivity contribution in [3.05, 3.63) is 108 Å². The van der Waals surface area contributed by atoms with Crippen molar-refractivity contribution >= 4 is 17.7 Å². The van der Waals surface area contributed by atoms with E-state index in [1.807, 2.05) is 91.0 Å². The van der Waals surface area contributed by atoms with Crippen LogP contribution in [0.3, 0.4) is 0 Å². The fourth-order valence-electron chi connectivity index (χ4n) is 5.73. The molecule has 190 valence electrons. The Kier molecular flexibility index (Phi) is 7.47. The Bertz CT molecular complexity index is 1220. The number of nitrogens with one attached hydrogen (secondary N) is 1. The number of Topliss-reactive ketones (excluding diaryl/α,β-unsaturated/α-hetero) is 1. The van der Waals surface area contributed by atoms with Crippen LogP contribution in [-0.2, 0) is 20.7 Å². The average Bonchev–Trinajstić information content (AvgIpc) is 2.93. The molecule has 3 aromatic rings. The summed E-state index contributed by atoms with van der Waals surface area (Å²) < 4.78 is 6.78. The molecule has 3 aliphatic rings. The quantitative estimate of drug-likeness (QED) is 0.274. The van der Waals surface area contributed by atoms with Crippen LogP contribution in [0.1, 0.15) is 40.4 Å². The zero-order chi connectivity index (χ0) is 25.7. The monoisotopic (exact) mass is 497 g/mol. The van der Waals surface area contributed by atoms with Gasteiger partial charge >= 0.3 is 5.97 Å². The normalized spacial score (nSPS) is 23.1. The Labute approximate surface area is 217 Å². The third-order valence-corrected chi connectivity index (χ3v) is 7.77. The van der Waals surface area contributed by atoms with Gasteiger partial charge in [-0.2, -0.15) is 0 Å². The van der Waals surface area contributed by atoms with E-state index in [2.05, 4.69) is 5.32 Å². The maximum Gasteiger partial charge on any atom is 0.333 e. The number of hydrogen-bond acceptors (Lipinski definition) is 4. The molecule has 0 radical (unpaired) electrons. The number of carbonyl (C=O) groups is 3. The van der Waals surface area contributed by atoms with Crippen LogP contribution in [0, 0.1) is 5.92 Å². The molecule has 0 aromatic heterocycles. The molecule has 0 saturated carbocycles. The minimum Gasteiger partial charge on any atom is -0.454 e. The number of nitrogens with zero attached hydrogens (tertiary/aromatic N) is 1. The number of amides is 1. The van der Waals surface area contributed by atoms with Crippen LogP contribution < -0.4 is 5.32 Å². The van der Waals surface area contributed by atoms with Gasteiger partial charge < -0.3 is 14.5 Å². The third kappa shape index (κ3) is 5.97. The molecule has 3 aromatic carbocycles. The minimum absolute atomic E-state index is 0.126. The molecular weight excluding hydrogens is 464 g/mol. The second kappa shape index (κ2) is 11.1. The number of hydrogen-bond donors (Lipinski definition) is 1. The molecule has 3 saturated heterocycles. The largest absolute Gasteiger partial charge is 0.454 e. The Balaban J connectivity index is 1.28. The van der Waals surface area contributed by atoms with Gasteiger partial charge in [-0.15, -0.1) is 0 Å². The average molecular weight is 498 g/mol. The highest BCUT2D eigenvalue weighted by Gasteiger charge is 2.49. The summed E-state index contributed by atoms with van der Waals surface area (Å²) in [5, 5.41) is 2.91. The van der Waals surface area contributed by atoms with Crippen LogP contribution in [0.4, 0.5) is 0 Å². The summed E-state index contributed by atoms with van der Waals surface area (Å²) in [5.41, 5.74) is 2.30. The summed E-state index contributed by atoms with van der Waals surface area (Å²) in [6, 6.07) is 27.2. The molecule has 0 spiro atoms. The van der Waals surface area contributed by atoms with Gasteiger partial charge in [-0.25, -0.2) is 4.79 Å². The highest BCUT2D eigenvalue weighted by Crippen LogP contribution is 2.36. The van der Waals surface area contributed by atoms with Crippen LogP contribution in [0.15, 0.2) is 91.0 Å². The van der Waals surface area contributed by atoms with Crippen molar-refractivity contribution in [1.29, 1.82) is 0 Å². The van der Waals surface area contributed by atoms with E-state index in [1.165, 1.54) is 0 Å². The minimum atomic E-state index is -0.882. The highest BCUT2D eigenvalue weighted by molar-refractivity contribution is 5.97. The topological polar surface area (TPSA) is 72.5 Å². The first-order valence-electron chi connectivity index (χ1n) is 13.0. The fraction of sp³-hybridized carbons (Fsp3) is 0.323. The van der Waals surface area contributed by atoms with Crippen LogP contribution in [0.2, 0.25) is 0 Å². The Morgan fingerprint density at radius 1 is 0.838 bits per heavy atom. The first kappa shape index (κ1) is 24.9. The van der Waals surface area contributed by atoms with Crippen molar-refractivity contribution in [3.8, 4) is 0 Å². The zero-order valence-corrected chi connectivity index (χ0v) is 20.9. The van der Waals surface area contributed by atoms with Gasteiger partial charge in [-0.05, 0) is 11.1 Å². The zero-order valence-electron chi connectivity index (χ0n) is 20.9. The molecule has 3 aliphatic heterocycles. The first-order chi connectivity index (χ1) is 18.0. The summed E-state index contributed by atoms with van der Waals surface area (Å²) >= 11 is 0. The number of carbonyl (C=O) groups excluding carboxylic acids is 3. The van der Waals surface area contributed by atoms with Crippen molar-refractivity contribution < 1.29 is 23.6 Å². The molecule has 37 heavy (non-hydrogen) atoms. The Morgan fingerprint density at radius 2 is 1.43 bits per heavy atom. The predicted molar refractivity (Wildman–Crippen MR) is 141 cm³/mol. The van der Waals surface area contributed by atoms with Gasteiger partial charge in [0.1, 0.15) is 13.1 Å². The first-order valence-corrected chi connectivity index (χ1v) is 13.0. The number of esters is 1. The van der Waals surface area contributed by atoms with Gasteiger partial charge in [0.15, 0.2) is 12.1 Å². The Hall–Kier alpha value is -3.77. The number of fused-ring (bicyclic) bond motifs is 3. The molecule has 3 fully saturated rings. The van der Waals surface area contributed by atoms with Gasteiger partial charge in [0, 0.05) is 24.3 Å². The lowest BCUT2D eigenvalue weighted by Crippen LogP contribution is -2.66. The third-order valence-electron chi connectivity index (χ3n) is 7.77. The number of ketones is 1. The molecule has 3 heterocycles. The SMILES string of the molecule is O=C(Cc1ccccc1)NC(C(=O)OC1C[N+]2(CC(=O)c3ccccc3)CCC1CC2)c1ccccc1. The fourth-order valence-corrected chi connectivity index (χ4v) is 5.73. The molecule has 2 unspecified atom stereocenters. The van der Waals surface area contributed by atoms with E-state index in [0.29, 0.717) is 23.1 Å². The van der Waals surface area contributed by atoms with Gasteiger partial charge in [-0.3, -0.25) is 9.59 Å². The summed E-state index contributed by atoms with van der Waals surface area (Å²) in [6.45, 7) is 2.90. The van der Waals surface area contributed by atoms with Crippen molar-refractivity contribution in [2.75, 3.05) is 26.2 Å². The molecule has 1 amide bonds. The van der Waals surface area contributed by atoms with Gasteiger partial charge in [0.25, 0.3) is 0 Å². The molecule has 0 aliphatic carbocycles. The van der Waals surface area contributed by atoms with Crippen LogP contribution in [0.25, 0.3) is 0 Å². The van der Waals surface area contributed by atoms with E-state index in [0.717, 1.165) is 37.1 Å². The smallest absolute Gasteiger partial charge is 0.333 e. The van der Waals surface area contributed by atoms with E-state index in [4.69, 9.17) is 4.74 Å². The van der Waals surface area contributed by atoms with E-state index in [1.54, 1.807) is 0 Å². The number of quaternary nitrogens is 1. The van der Waals surface area contributed by atoms with E-state index in [-0.39, 0.29) is 30.1 Å². The number of ether oxygens (including phenoxy) is 1. The standard InChI is InChI=1S/C31H32N2O4/c34-27(24-12-6-2-7-13-24)21-33-18-16-25(17-19-33)28(22-33)37-31(36)30(26-14-8-3-9-15-26)32-29(35)20-23-10-4-1-5-11-23/h1-15,25,28,30H,16-22H2/p+1. The van der Waals surface area contributed by atoms with Gasteiger partial charge in [0.05, 0.1) is 19.5 Å². The number of benzene rings is 3. The lowest BCUT2D eigenvalue weighted by atomic mass is 9.82. The number of rotatable bonds is 9. The van der Waals surface area contributed by atoms with Crippen LogP contribution in [-0.4, -0.2) is 54.4 Å². The predicted octanol–water partition coefficient (Wildman–Crippen LogP) is 4.12. The van der Waals surface area contributed by atoms with E-state index >= 15 is 0 Å². The summed E-state index contributed by atoms with van der Waals surface area (Å²) in [4.78, 5) is 39.4. The second-order valence-electron chi connectivity index (χ2n) is 10.3. The van der Waals surface area contributed by atoms with E-state index in [9.17, 15) is 14.4 Å². The van der Waals surface area contributed by atoms with Crippen molar-refractivity contribution in [2.45, 2.75) is 31.4 Å². The Morgan fingerprint density at radius 3 is 2.08 bits per heavy atom. The highest BCUT2D eigenvalue weighted by atomic mass is 16.5. The van der Waals surface area contributed by atoms with Crippen LogP contribution >= 0.6 is 0 Å².